The van der Waals surface area contributed by atoms with Crippen LogP contribution in [0, 0.1) is 0 Å². The minimum absolute atomic E-state index is 0. The van der Waals surface area contributed by atoms with Crippen LogP contribution in [0.2, 0.25) is 0 Å². The molecule has 0 fully saturated rings. The summed E-state index contributed by atoms with van der Waals surface area (Å²) in [4.78, 5) is 0. The molecule has 0 bridgehead atoms. The summed E-state index contributed by atoms with van der Waals surface area (Å²) in [5, 5.41) is 0. The number of rotatable bonds is 0. The zero-order valence-electron chi connectivity index (χ0n) is 2.66. The summed E-state index contributed by atoms with van der Waals surface area (Å²) in [6, 6.07) is 0. The summed E-state index contributed by atoms with van der Waals surface area (Å²) in [5.41, 5.74) is 0. The Bertz CT molecular complexity index is 11.6. The van der Waals surface area contributed by atoms with Gasteiger partial charge in [0.1, 0.15) is 0 Å². The molecule has 0 heterocycles. The molecule has 0 aromatic rings. The molecule has 1 unspecified atom stereocenters. The zero-order chi connectivity index (χ0) is 2.00. The van der Waals surface area contributed by atoms with E-state index in [9.17, 15) is 0 Å². The van der Waals surface area contributed by atoms with Gasteiger partial charge in [-0.2, -0.15) is 0 Å². The van der Waals surface area contributed by atoms with E-state index in [2.05, 4.69) is 9.24 Å². The summed E-state index contributed by atoms with van der Waals surface area (Å²) < 4.78 is 0. The molecule has 0 aromatic carbocycles. The SMILES string of the molecule is CP.[Cr].[Fe].[Ni]. The van der Waals surface area contributed by atoms with Crippen LogP contribution in [-0.2, 0) is 50.9 Å². The Morgan fingerprint density at radius 2 is 1.20 bits per heavy atom. The molecule has 0 saturated heterocycles. The van der Waals surface area contributed by atoms with Crippen LogP contribution in [0.1, 0.15) is 0 Å². The predicted molar refractivity (Wildman–Crippen MR) is 15.6 cm³/mol. The van der Waals surface area contributed by atoms with E-state index in [1.807, 2.05) is 6.66 Å². The molecule has 0 aliphatic rings. The average Bonchev–Trinajstić information content (AvgIpc) is 1.00. The van der Waals surface area contributed by atoms with E-state index in [4.69, 9.17) is 0 Å². The van der Waals surface area contributed by atoms with Crippen LogP contribution in [0.4, 0.5) is 0 Å². The molecule has 1 atom stereocenters. The third-order valence-corrected chi connectivity index (χ3v) is 0. The van der Waals surface area contributed by atoms with E-state index in [1.165, 1.54) is 0 Å². The van der Waals surface area contributed by atoms with Crippen molar-refractivity contribution in [3.05, 3.63) is 0 Å². The first kappa shape index (κ1) is 28.1. The van der Waals surface area contributed by atoms with Crippen LogP contribution in [0.3, 0.4) is 0 Å². The molecular formula is CH5CrFeNiP. The Balaban J connectivity index is -0.00000000167. The van der Waals surface area contributed by atoms with Gasteiger partial charge in [0, 0.05) is 50.9 Å². The Morgan fingerprint density at radius 3 is 1.20 bits per heavy atom. The van der Waals surface area contributed by atoms with E-state index in [0.29, 0.717) is 0 Å². The fraction of sp³-hybridized carbons (Fsp3) is 1.00. The summed E-state index contributed by atoms with van der Waals surface area (Å²) >= 11 is 0. The minimum Gasteiger partial charge on any atom is -0.141 e. The van der Waals surface area contributed by atoms with Gasteiger partial charge < -0.3 is 0 Å². The predicted octanol–water partition coefficient (Wildman–Crippen LogP) is 0.484. The maximum atomic E-state index is 2.42. The van der Waals surface area contributed by atoms with Crippen molar-refractivity contribution in [2.75, 3.05) is 6.66 Å². The van der Waals surface area contributed by atoms with Gasteiger partial charge in [0.2, 0.25) is 0 Å². The van der Waals surface area contributed by atoms with Crippen molar-refractivity contribution < 1.29 is 50.9 Å². The van der Waals surface area contributed by atoms with Gasteiger partial charge in [0.05, 0.1) is 0 Å². The molecule has 0 aliphatic heterocycles. The largest absolute Gasteiger partial charge is 0.141 e. The molecular weight excluding hydrogens is 210 g/mol. The standard InChI is InChI=1S/CH5P.Cr.Fe.Ni/c1-2;;;/h2H2,1H3;;;. The summed E-state index contributed by atoms with van der Waals surface area (Å²) in [6.07, 6.45) is 0. The molecule has 0 aromatic heterocycles. The van der Waals surface area contributed by atoms with Gasteiger partial charge in [-0.3, -0.25) is 0 Å². The first-order valence-electron chi connectivity index (χ1n) is 0.577. The third-order valence-electron chi connectivity index (χ3n) is 0. The van der Waals surface area contributed by atoms with Gasteiger partial charge in [0.15, 0.2) is 0 Å². The topological polar surface area (TPSA) is 0 Å². The van der Waals surface area contributed by atoms with E-state index in [0.717, 1.165) is 0 Å². The fourth-order valence-corrected chi connectivity index (χ4v) is 0. The zero-order valence-corrected chi connectivity index (χ0v) is 7.18. The molecule has 38 valence electrons. The molecule has 4 heteroatoms. The molecule has 0 aliphatic carbocycles. The van der Waals surface area contributed by atoms with Crippen molar-refractivity contribution in [2.45, 2.75) is 0 Å². The van der Waals surface area contributed by atoms with Gasteiger partial charge in [-0.1, -0.05) is 6.66 Å². The second kappa shape index (κ2) is 37.9. The number of hydrogen-bond donors (Lipinski definition) is 0. The normalized spacial score (nSPS) is 1.20. The molecule has 0 rings (SSSR count). The van der Waals surface area contributed by atoms with Crippen LogP contribution in [0.15, 0.2) is 0 Å². The van der Waals surface area contributed by atoms with E-state index >= 15 is 0 Å². The van der Waals surface area contributed by atoms with E-state index in [-0.39, 0.29) is 50.9 Å². The van der Waals surface area contributed by atoms with Crippen LogP contribution in [-0.4, -0.2) is 6.66 Å². The average molecular weight is 215 g/mol. The van der Waals surface area contributed by atoms with Crippen molar-refractivity contribution >= 4 is 9.24 Å². The van der Waals surface area contributed by atoms with Gasteiger partial charge in [-0.15, -0.1) is 9.24 Å². The smallest absolute Gasteiger partial charge is 0 e. The van der Waals surface area contributed by atoms with Crippen LogP contribution in [0.5, 0.6) is 0 Å². The summed E-state index contributed by atoms with van der Waals surface area (Å²) in [5.74, 6) is 0. The van der Waals surface area contributed by atoms with Crippen LogP contribution in [0.25, 0.3) is 0 Å². The van der Waals surface area contributed by atoms with Gasteiger partial charge in [0.25, 0.3) is 0 Å². The molecule has 0 saturated carbocycles. The van der Waals surface area contributed by atoms with Crippen molar-refractivity contribution in [1.82, 2.24) is 0 Å². The van der Waals surface area contributed by atoms with Crippen LogP contribution < -0.4 is 0 Å². The first-order valence-corrected chi connectivity index (χ1v) is 1.73. The molecule has 0 nitrogen and oxygen atoms in total. The Hall–Kier alpha value is 1.98. The fourth-order valence-electron chi connectivity index (χ4n) is 0. The second-order valence-electron chi connectivity index (χ2n) is 0. The van der Waals surface area contributed by atoms with Crippen molar-refractivity contribution in [3.63, 3.8) is 0 Å². The van der Waals surface area contributed by atoms with E-state index in [1.54, 1.807) is 0 Å². The second-order valence-corrected chi connectivity index (χ2v) is 0. The minimum atomic E-state index is 0. The van der Waals surface area contributed by atoms with Crippen molar-refractivity contribution in [1.29, 1.82) is 0 Å². The van der Waals surface area contributed by atoms with Gasteiger partial charge in [-0.25, -0.2) is 0 Å². The van der Waals surface area contributed by atoms with Gasteiger partial charge >= 0.3 is 0 Å². The molecule has 0 spiro atoms. The first-order chi connectivity index (χ1) is 1.00. The number of hydrogen-bond acceptors (Lipinski definition) is 0. The quantitative estimate of drug-likeness (QED) is 0.407. The molecule has 0 N–H and O–H groups in total. The molecule has 5 heavy (non-hydrogen) atoms. The third kappa shape index (κ3) is 24.2. The van der Waals surface area contributed by atoms with Gasteiger partial charge in [-0.05, 0) is 0 Å². The monoisotopic (exact) mass is 214 g/mol. The maximum absolute atomic E-state index is 2.42. The summed E-state index contributed by atoms with van der Waals surface area (Å²) in [7, 11) is 2.42. The molecule has 0 radical (unpaired) electrons. The maximum Gasteiger partial charge on any atom is 0 e. The Labute approximate surface area is 66.6 Å². The van der Waals surface area contributed by atoms with E-state index < -0.39 is 0 Å². The summed E-state index contributed by atoms with van der Waals surface area (Å²) in [6.45, 7) is 1.92. The van der Waals surface area contributed by atoms with Crippen molar-refractivity contribution in [2.24, 2.45) is 0 Å². The van der Waals surface area contributed by atoms with Crippen molar-refractivity contribution in [3.8, 4) is 0 Å². The molecule has 0 amide bonds. The Kier molecular flexibility index (Phi) is 213. The Morgan fingerprint density at radius 1 is 1.20 bits per heavy atom. The van der Waals surface area contributed by atoms with Crippen LogP contribution >= 0.6 is 9.24 Å².